The van der Waals surface area contributed by atoms with Crippen LogP contribution in [0.2, 0.25) is 5.02 Å². The van der Waals surface area contributed by atoms with Crippen LogP contribution in [0, 0.1) is 0 Å². The Kier molecular flexibility index (Phi) is 3.42. The van der Waals surface area contributed by atoms with Crippen molar-refractivity contribution in [2.75, 3.05) is 14.1 Å². The van der Waals surface area contributed by atoms with Gasteiger partial charge in [-0.3, -0.25) is 4.98 Å². The predicted molar refractivity (Wildman–Crippen MR) is 80.8 cm³/mol. The van der Waals surface area contributed by atoms with Crippen LogP contribution in [0.25, 0.3) is 16.9 Å². The minimum atomic E-state index is 0.702. The van der Waals surface area contributed by atoms with Crippen molar-refractivity contribution < 1.29 is 0 Å². The minimum absolute atomic E-state index is 0.702. The Morgan fingerprint density at radius 3 is 2.80 bits per heavy atom. The molecule has 0 spiro atoms. The van der Waals surface area contributed by atoms with Crippen LogP contribution in [0.1, 0.15) is 5.69 Å². The summed E-state index contributed by atoms with van der Waals surface area (Å²) >= 11 is 6.11. The van der Waals surface area contributed by atoms with Gasteiger partial charge < -0.3 is 9.30 Å². The zero-order valence-corrected chi connectivity index (χ0v) is 12.2. The number of pyridine rings is 2. The standard InChI is InChI=1S/C15H15ClN4/c1-19(2)10-13-15(11-4-3-7-17-8-11)18-14-6-5-12(16)9-20(13)14/h3-9H,10H2,1-2H3. The van der Waals surface area contributed by atoms with Gasteiger partial charge in [-0.1, -0.05) is 11.6 Å². The minimum Gasteiger partial charge on any atom is -0.304 e. The maximum atomic E-state index is 6.11. The second-order valence-corrected chi connectivity index (χ2v) is 5.40. The lowest BCUT2D eigenvalue weighted by atomic mass is 10.1. The van der Waals surface area contributed by atoms with Crippen molar-refractivity contribution in [1.82, 2.24) is 19.3 Å². The van der Waals surface area contributed by atoms with E-state index in [2.05, 4.69) is 9.88 Å². The normalized spacial score (nSPS) is 11.4. The summed E-state index contributed by atoms with van der Waals surface area (Å²) in [4.78, 5) is 11.0. The fraction of sp³-hybridized carbons (Fsp3) is 0.200. The van der Waals surface area contributed by atoms with E-state index in [0.717, 1.165) is 29.1 Å². The molecular weight excluding hydrogens is 272 g/mol. The molecule has 0 atom stereocenters. The first-order valence-electron chi connectivity index (χ1n) is 6.37. The molecule has 3 rings (SSSR count). The van der Waals surface area contributed by atoms with Gasteiger partial charge in [0.1, 0.15) is 5.65 Å². The van der Waals surface area contributed by atoms with Crippen LogP contribution >= 0.6 is 11.6 Å². The van der Waals surface area contributed by atoms with Crippen molar-refractivity contribution in [3.8, 4) is 11.3 Å². The molecule has 0 radical (unpaired) electrons. The van der Waals surface area contributed by atoms with E-state index in [0.29, 0.717) is 5.02 Å². The number of fused-ring (bicyclic) bond motifs is 1. The monoisotopic (exact) mass is 286 g/mol. The highest BCUT2D eigenvalue weighted by Gasteiger charge is 2.14. The molecule has 0 N–H and O–H groups in total. The highest BCUT2D eigenvalue weighted by atomic mass is 35.5. The molecule has 0 unspecified atom stereocenters. The summed E-state index contributed by atoms with van der Waals surface area (Å²) < 4.78 is 2.05. The Morgan fingerprint density at radius 1 is 1.25 bits per heavy atom. The van der Waals surface area contributed by atoms with Crippen molar-refractivity contribution in [2.45, 2.75) is 6.54 Å². The van der Waals surface area contributed by atoms with Crippen LogP contribution in [0.15, 0.2) is 42.9 Å². The lowest BCUT2D eigenvalue weighted by Crippen LogP contribution is -2.13. The van der Waals surface area contributed by atoms with Crippen molar-refractivity contribution in [3.63, 3.8) is 0 Å². The fourth-order valence-electron chi connectivity index (χ4n) is 2.25. The van der Waals surface area contributed by atoms with Crippen LogP contribution in [-0.4, -0.2) is 33.4 Å². The summed E-state index contributed by atoms with van der Waals surface area (Å²) in [5, 5.41) is 0.702. The van der Waals surface area contributed by atoms with E-state index in [1.807, 2.05) is 55.2 Å². The van der Waals surface area contributed by atoms with Crippen LogP contribution in [0.5, 0.6) is 0 Å². The van der Waals surface area contributed by atoms with Gasteiger partial charge >= 0.3 is 0 Å². The number of hydrogen-bond acceptors (Lipinski definition) is 3. The Hall–Kier alpha value is -1.91. The largest absolute Gasteiger partial charge is 0.304 e. The van der Waals surface area contributed by atoms with Crippen LogP contribution in [-0.2, 0) is 6.54 Å². The van der Waals surface area contributed by atoms with Crippen molar-refractivity contribution in [2.24, 2.45) is 0 Å². The van der Waals surface area contributed by atoms with Crippen molar-refractivity contribution in [3.05, 3.63) is 53.6 Å². The van der Waals surface area contributed by atoms with Gasteiger partial charge in [0, 0.05) is 30.7 Å². The first-order valence-corrected chi connectivity index (χ1v) is 6.74. The third kappa shape index (κ3) is 2.40. The molecule has 0 amide bonds. The van der Waals surface area contributed by atoms with E-state index in [4.69, 9.17) is 16.6 Å². The molecule has 3 aromatic rings. The van der Waals surface area contributed by atoms with Gasteiger partial charge in [0.05, 0.1) is 16.4 Å². The van der Waals surface area contributed by atoms with Gasteiger partial charge in [-0.15, -0.1) is 0 Å². The maximum Gasteiger partial charge on any atom is 0.137 e. The van der Waals surface area contributed by atoms with E-state index in [9.17, 15) is 0 Å². The molecule has 0 saturated carbocycles. The van der Waals surface area contributed by atoms with Gasteiger partial charge in [0.15, 0.2) is 0 Å². The van der Waals surface area contributed by atoms with Gasteiger partial charge in [-0.05, 0) is 38.4 Å². The summed E-state index contributed by atoms with van der Waals surface area (Å²) in [6, 6.07) is 7.74. The number of nitrogens with zero attached hydrogens (tertiary/aromatic N) is 4. The van der Waals surface area contributed by atoms with Crippen LogP contribution in [0.4, 0.5) is 0 Å². The molecule has 4 nitrogen and oxygen atoms in total. The Balaban J connectivity index is 2.25. The van der Waals surface area contributed by atoms with E-state index in [-0.39, 0.29) is 0 Å². The molecule has 20 heavy (non-hydrogen) atoms. The second-order valence-electron chi connectivity index (χ2n) is 4.96. The Labute approximate surface area is 122 Å². The molecular formula is C15H15ClN4. The first kappa shape index (κ1) is 13.1. The summed E-state index contributed by atoms with van der Waals surface area (Å²) in [5.41, 5.74) is 3.98. The number of aromatic nitrogens is 3. The number of halogens is 1. The molecule has 0 aliphatic rings. The number of imidazole rings is 1. The molecule has 0 fully saturated rings. The van der Waals surface area contributed by atoms with Crippen LogP contribution in [0.3, 0.4) is 0 Å². The average Bonchev–Trinajstić information content (AvgIpc) is 2.77. The molecule has 0 aliphatic carbocycles. The van der Waals surface area contributed by atoms with Gasteiger partial charge in [-0.25, -0.2) is 4.98 Å². The number of rotatable bonds is 3. The summed E-state index contributed by atoms with van der Waals surface area (Å²) in [6.07, 6.45) is 5.51. The fourth-order valence-corrected chi connectivity index (χ4v) is 2.41. The lowest BCUT2D eigenvalue weighted by molar-refractivity contribution is 0.396. The van der Waals surface area contributed by atoms with E-state index in [1.54, 1.807) is 6.20 Å². The Bertz CT molecular complexity index is 734. The number of hydrogen-bond donors (Lipinski definition) is 0. The highest BCUT2D eigenvalue weighted by Crippen LogP contribution is 2.25. The average molecular weight is 287 g/mol. The third-order valence-corrected chi connectivity index (χ3v) is 3.31. The Morgan fingerprint density at radius 2 is 2.10 bits per heavy atom. The van der Waals surface area contributed by atoms with E-state index in [1.165, 1.54) is 0 Å². The SMILES string of the molecule is CN(C)Cc1c(-c2cccnc2)nc2ccc(Cl)cn12. The molecule has 3 aromatic heterocycles. The summed E-state index contributed by atoms with van der Waals surface area (Å²) in [6.45, 7) is 0.783. The van der Waals surface area contributed by atoms with Gasteiger partial charge in [0.2, 0.25) is 0 Å². The molecule has 5 heteroatoms. The highest BCUT2D eigenvalue weighted by molar-refractivity contribution is 6.30. The quantitative estimate of drug-likeness (QED) is 0.742. The van der Waals surface area contributed by atoms with Crippen LogP contribution < -0.4 is 0 Å². The maximum absolute atomic E-state index is 6.11. The predicted octanol–water partition coefficient (Wildman–Crippen LogP) is 3.11. The van der Waals surface area contributed by atoms with E-state index >= 15 is 0 Å². The topological polar surface area (TPSA) is 33.4 Å². The lowest BCUT2D eigenvalue weighted by Gasteiger charge is -2.11. The molecule has 102 valence electrons. The molecule has 3 heterocycles. The molecule has 0 aromatic carbocycles. The zero-order chi connectivity index (χ0) is 14.1. The van der Waals surface area contributed by atoms with Gasteiger partial charge in [0.25, 0.3) is 0 Å². The second kappa shape index (κ2) is 5.23. The first-order chi connectivity index (χ1) is 9.65. The molecule has 0 bridgehead atoms. The third-order valence-electron chi connectivity index (χ3n) is 3.08. The smallest absolute Gasteiger partial charge is 0.137 e. The zero-order valence-electron chi connectivity index (χ0n) is 11.4. The van der Waals surface area contributed by atoms with Crippen molar-refractivity contribution in [1.29, 1.82) is 0 Å². The molecule has 0 saturated heterocycles. The van der Waals surface area contributed by atoms with E-state index < -0.39 is 0 Å². The summed E-state index contributed by atoms with van der Waals surface area (Å²) in [7, 11) is 4.08. The van der Waals surface area contributed by atoms with Crippen molar-refractivity contribution >= 4 is 17.2 Å². The van der Waals surface area contributed by atoms with Gasteiger partial charge in [-0.2, -0.15) is 0 Å². The summed E-state index contributed by atoms with van der Waals surface area (Å²) in [5.74, 6) is 0. The molecule has 0 aliphatic heterocycles.